The Kier molecular flexibility index (Phi) is 2.13. The molecule has 2 aromatic rings. The standard InChI is InChI=1S/C8H6N6O2/c9-1-4-6-7(10)11-3-12-8(6)14(13-4)2-5(15)16/h3H,2H2,(H,15,16)(H2,10,11,12). The summed E-state index contributed by atoms with van der Waals surface area (Å²) in [6, 6.07) is 1.82. The van der Waals surface area contributed by atoms with Gasteiger partial charge in [-0.3, -0.25) is 4.79 Å². The van der Waals surface area contributed by atoms with Crippen LogP contribution in [0.25, 0.3) is 11.0 Å². The van der Waals surface area contributed by atoms with Crippen LogP contribution in [0.15, 0.2) is 6.33 Å². The molecule has 8 heteroatoms. The summed E-state index contributed by atoms with van der Waals surface area (Å²) in [5.74, 6) is -0.968. The maximum Gasteiger partial charge on any atom is 0.325 e. The zero-order valence-corrected chi connectivity index (χ0v) is 7.95. The van der Waals surface area contributed by atoms with Crippen LogP contribution in [0.5, 0.6) is 0 Å². The number of carbonyl (C=O) groups is 1. The molecule has 0 aliphatic rings. The molecule has 8 nitrogen and oxygen atoms in total. The van der Waals surface area contributed by atoms with E-state index in [0.717, 1.165) is 4.68 Å². The molecular formula is C8H6N6O2. The summed E-state index contributed by atoms with van der Waals surface area (Å²) >= 11 is 0. The van der Waals surface area contributed by atoms with Gasteiger partial charge < -0.3 is 10.8 Å². The van der Waals surface area contributed by atoms with E-state index in [1.165, 1.54) is 6.33 Å². The number of nitriles is 1. The number of hydrogen-bond donors (Lipinski definition) is 2. The largest absolute Gasteiger partial charge is 0.480 e. The van der Waals surface area contributed by atoms with Crippen LogP contribution >= 0.6 is 0 Å². The second kappa shape index (κ2) is 3.47. The van der Waals surface area contributed by atoms with Crippen molar-refractivity contribution in [1.82, 2.24) is 19.7 Å². The average molecular weight is 218 g/mol. The number of nitrogen functional groups attached to an aromatic ring is 1. The SMILES string of the molecule is N#Cc1nn(CC(=O)O)c2ncnc(N)c12. The first-order chi connectivity index (χ1) is 7.63. The summed E-state index contributed by atoms with van der Waals surface area (Å²) in [7, 11) is 0. The molecule has 0 aliphatic carbocycles. The third kappa shape index (κ3) is 1.40. The zero-order chi connectivity index (χ0) is 11.7. The van der Waals surface area contributed by atoms with Crippen molar-refractivity contribution in [3.63, 3.8) is 0 Å². The molecule has 0 bridgehead atoms. The zero-order valence-electron chi connectivity index (χ0n) is 7.95. The maximum absolute atomic E-state index is 10.6. The summed E-state index contributed by atoms with van der Waals surface area (Å²) < 4.78 is 1.11. The van der Waals surface area contributed by atoms with Gasteiger partial charge in [0.25, 0.3) is 0 Å². The predicted molar refractivity (Wildman–Crippen MR) is 52.1 cm³/mol. The van der Waals surface area contributed by atoms with Crippen molar-refractivity contribution in [2.24, 2.45) is 0 Å². The van der Waals surface area contributed by atoms with Gasteiger partial charge in [0, 0.05) is 0 Å². The first-order valence-electron chi connectivity index (χ1n) is 4.22. The molecule has 2 rings (SSSR count). The fourth-order valence-electron chi connectivity index (χ4n) is 1.35. The number of aliphatic carboxylic acids is 1. The summed E-state index contributed by atoms with van der Waals surface area (Å²) in [6.45, 7) is -0.380. The number of carboxylic acid groups (broad SMARTS) is 1. The van der Waals surface area contributed by atoms with E-state index in [-0.39, 0.29) is 29.1 Å². The number of rotatable bonds is 2. The van der Waals surface area contributed by atoms with Gasteiger partial charge in [-0.05, 0) is 0 Å². The summed E-state index contributed by atoms with van der Waals surface area (Å²) in [6.07, 6.45) is 1.19. The molecule has 0 spiro atoms. The lowest BCUT2D eigenvalue weighted by atomic mass is 10.3. The van der Waals surface area contributed by atoms with Gasteiger partial charge in [0.1, 0.15) is 24.8 Å². The molecule has 16 heavy (non-hydrogen) atoms. The van der Waals surface area contributed by atoms with E-state index >= 15 is 0 Å². The van der Waals surface area contributed by atoms with Gasteiger partial charge >= 0.3 is 5.97 Å². The smallest absolute Gasteiger partial charge is 0.325 e. The highest BCUT2D eigenvalue weighted by Gasteiger charge is 2.16. The first-order valence-corrected chi connectivity index (χ1v) is 4.22. The summed E-state index contributed by atoms with van der Waals surface area (Å²) in [5.41, 5.74) is 5.84. The fraction of sp³-hybridized carbons (Fsp3) is 0.125. The Bertz CT molecular complexity index is 611. The third-order valence-electron chi connectivity index (χ3n) is 1.95. The minimum Gasteiger partial charge on any atom is -0.480 e. The van der Waals surface area contributed by atoms with Crippen LogP contribution in [-0.2, 0) is 11.3 Å². The molecule has 2 heterocycles. The van der Waals surface area contributed by atoms with E-state index in [0.29, 0.717) is 0 Å². The molecule has 0 unspecified atom stereocenters. The number of aromatic nitrogens is 4. The van der Waals surface area contributed by atoms with E-state index < -0.39 is 5.97 Å². The maximum atomic E-state index is 10.6. The highest BCUT2D eigenvalue weighted by Crippen LogP contribution is 2.20. The van der Waals surface area contributed by atoms with Crippen LogP contribution in [0.4, 0.5) is 5.82 Å². The van der Waals surface area contributed by atoms with Crippen molar-refractivity contribution in [1.29, 1.82) is 5.26 Å². The van der Waals surface area contributed by atoms with Gasteiger partial charge in [0.05, 0.1) is 5.39 Å². The molecule has 80 valence electrons. The van der Waals surface area contributed by atoms with Gasteiger partial charge in [-0.15, -0.1) is 0 Å². The van der Waals surface area contributed by atoms with E-state index in [1.807, 2.05) is 6.07 Å². The van der Waals surface area contributed by atoms with Crippen LogP contribution in [0.1, 0.15) is 5.69 Å². The van der Waals surface area contributed by atoms with Crippen molar-refractivity contribution in [3.05, 3.63) is 12.0 Å². The van der Waals surface area contributed by atoms with Crippen molar-refractivity contribution in [2.45, 2.75) is 6.54 Å². The minimum atomic E-state index is -1.08. The van der Waals surface area contributed by atoms with Crippen LogP contribution in [0, 0.1) is 11.3 Å². The molecule has 0 atom stereocenters. The Labute approximate surface area is 88.9 Å². The molecule has 0 saturated carbocycles. The number of nitrogens with zero attached hydrogens (tertiary/aromatic N) is 5. The Hall–Kier alpha value is -2.69. The summed E-state index contributed by atoms with van der Waals surface area (Å²) in [5, 5.41) is 21.6. The molecular weight excluding hydrogens is 212 g/mol. The van der Waals surface area contributed by atoms with Gasteiger partial charge in [0.2, 0.25) is 0 Å². The van der Waals surface area contributed by atoms with E-state index in [2.05, 4.69) is 15.1 Å². The third-order valence-corrected chi connectivity index (χ3v) is 1.95. The van der Waals surface area contributed by atoms with Gasteiger partial charge in [0.15, 0.2) is 11.3 Å². The molecule has 2 aromatic heterocycles. The number of fused-ring (bicyclic) bond motifs is 1. The van der Waals surface area contributed by atoms with Gasteiger partial charge in [-0.1, -0.05) is 0 Å². The van der Waals surface area contributed by atoms with Crippen LogP contribution < -0.4 is 5.73 Å². The number of hydrogen-bond acceptors (Lipinski definition) is 6. The normalized spacial score (nSPS) is 10.2. The lowest BCUT2D eigenvalue weighted by molar-refractivity contribution is -0.137. The second-order valence-corrected chi connectivity index (χ2v) is 2.97. The molecule has 0 aliphatic heterocycles. The van der Waals surface area contributed by atoms with Crippen molar-refractivity contribution < 1.29 is 9.90 Å². The topological polar surface area (TPSA) is 131 Å². The van der Waals surface area contributed by atoms with Crippen LogP contribution in [0.3, 0.4) is 0 Å². The fourth-order valence-corrected chi connectivity index (χ4v) is 1.35. The van der Waals surface area contributed by atoms with Crippen molar-refractivity contribution >= 4 is 22.8 Å². The molecule has 0 fully saturated rings. The lowest BCUT2D eigenvalue weighted by Crippen LogP contribution is -2.10. The molecule has 0 aromatic carbocycles. The lowest BCUT2D eigenvalue weighted by Gasteiger charge is -1.97. The Balaban J connectivity index is 2.74. The monoisotopic (exact) mass is 218 g/mol. The molecule has 0 radical (unpaired) electrons. The first kappa shape index (κ1) is 9.85. The molecule has 0 amide bonds. The highest BCUT2D eigenvalue weighted by molar-refractivity contribution is 5.90. The van der Waals surface area contributed by atoms with Crippen molar-refractivity contribution in [2.75, 3.05) is 5.73 Å². The minimum absolute atomic E-state index is 0.0225. The van der Waals surface area contributed by atoms with E-state index in [9.17, 15) is 4.79 Å². The van der Waals surface area contributed by atoms with Crippen LogP contribution in [-0.4, -0.2) is 30.8 Å². The highest BCUT2D eigenvalue weighted by atomic mass is 16.4. The average Bonchev–Trinajstić information content (AvgIpc) is 2.57. The van der Waals surface area contributed by atoms with E-state index in [4.69, 9.17) is 16.1 Å². The number of carboxylic acids is 1. The predicted octanol–water partition coefficient (Wildman–Crippen LogP) is -0.635. The van der Waals surface area contributed by atoms with Crippen molar-refractivity contribution in [3.8, 4) is 6.07 Å². The second-order valence-electron chi connectivity index (χ2n) is 2.97. The van der Waals surface area contributed by atoms with Gasteiger partial charge in [-0.25, -0.2) is 14.6 Å². The number of nitrogens with two attached hydrogens (primary N) is 1. The Morgan fingerprint density at radius 1 is 1.62 bits per heavy atom. The molecule has 0 saturated heterocycles. The molecule has 3 N–H and O–H groups in total. The van der Waals surface area contributed by atoms with E-state index in [1.54, 1.807) is 0 Å². The van der Waals surface area contributed by atoms with Crippen LogP contribution in [0.2, 0.25) is 0 Å². The summed E-state index contributed by atoms with van der Waals surface area (Å²) in [4.78, 5) is 18.2. The Morgan fingerprint density at radius 3 is 3.00 bits per heavy atom. The quantitative estimate of drug-likeness (QED) is 0.685. The number of anilines is 1. The Morgan fingerprint density at radius 2 is 2.38 bits per heavy atom. The van der Waals surface area contributed by atoms with Gasteiger partial charge in [-0.2, -0.15) is 10.4 Å².